The number of carbonyl (C=O) groups is 1. The van der Waals surface area contributed by atoms with E-state index in [1.165, 1.54) is 10.5 Å². The lowest BCUT2D eigenvalue weighted by molar-refractivity contribution is 0.175. The van der Waals surface area contributed by atoms with Gasteiger partial charge < -0.3 is 15.4 Å². The smallest absolute Gasteiger partial charge is 0.416 e. The maximum atomic E-state index is 14.1. The first kappa shape index (κ1) is 20.5. The first-order valence-corrected chi connectivity index (χ1v) is 10.2. The van der Waals surface area contributed by atoms with Gasteiger partial charge in [-0.05, 0) is 25.0 Å². The Kier molecular flexibility index (Phi) is 5.83. The van der Waals surface area contributed by atoms with E-state index in [1.807, 2.05) is 26.0 Å². The van der Waals surface area contributed by atoms with Crippen LogP contribution in [0.15, 0.2) is 30.3 Å². The van der Waals surface area contributed by atoms with Crippen LogP contribution in [-0.2, 0) is 17.8 Å². The third-order valence-electron chi connectivity index (χ3n) is 5.34. The standard InChI is InChI=1S/C21H27FN6O2/c1-21(2)14-30-20(29)28(21)18-11-17(22)25-19(26-18)24-12-15-3-5-16(6-4-15)13-27-9-7-23-8-10-27/h3-6,11,23H,7-10,12-14H2,1-2H3,(H,24,25,26). The van der Waals surface area contributed by atoms with Crippen LogP contribution in [0.25, 0.3) is 0 Å². The quantitative estimate of drug-likeness (QED) is 0.702. The van der Waals surface area contributed by atoms with E-state index in [0.717, 1.165) is 44.4 Å². The van der Waals surface area contributed by atoms with Crippen molar-refractivity contribution >= 4 is 17.9 Å². The number of nitrogens with zero attached hydrogens (tertiary/aromatic N) is 4. The molecule has 0 spiro atoms. The van der Waals surface area contributed by atoms with Gasteiger partial charge in [-0.2, -0.15) is 14.4 Å². The molecule has 2 fully saturated rings. The number of rotatable bonds is 6. The molecule has 2 aliphatic heterocycles. The summed E-state index contributed by atoms with van der Waals surface area (Å²) in [5, 5.41) is 6.41. The molecule has 1 aromatic heterocycles. The molecular weight excluding hydrogens is 387 g/mol. The van der Waals surface area contributed by atoms with Gasteiger partial charge in [-0.1, -0.05) is 24.3 Å². The summed E-state index contributed by atoms with van der Waals surface area (Å²) in [7, 11) is 0. The van der Waals surface area contributed by atoms with Crippen LogP contribution in [0.5, 0.6) is 0 Å². The highest BCUT2D eigenvalue weighted by atomic mass is 19.1. The molecule has 2 saturated heterocycles. The van der Waals surface area contributed by atoms with Crippen LogP contribution in [0, 0.1) is 5.95 Å². The number of ether oxygens (including phenoxy) is 1. The molecule has 0 unspecified atom stereocenters. The fourth-order valence-corrected chi connectivity index (χ4v) is 3.69. The Bertz CT molecular complexity index is 899. The zero-order chi connectivity index (χ0) is 21.1. The minimum atomic E-state index is -0.704. The van der Waals surface area contributed by atoms with Gasteiger partial charge in [0.2, 0.25) is 11.9 Å². The molecule has 0 aliphatic carbocycles. The Hall–Kier alpha value is -2.78. The fraction of sp³-hybridized carbons (Fsp3) is 0.476. The van der Waals surface area contributed by atoms with E-state index in [0.29, 0.717) is 6.54 Å². The van der Waals surface area contributed by atoms with Gasteiger partial charge in [0.15, 0.2) is 0 Å². The normalized spacial score (nSPS) is 19.0. The molecule has 2 aromatic rings. The molecule has 1 amide bonds. The second-order valence-corrected chi connectivity index (χ2v) is 8.27. The molecule has 0 atom stereocenters. The van der Waals surface area contributed by atoms with Gasteiger partial charge in [0.1, 0.15) is 12.4 Å². The van der Waals surface area contributed by atoms with Crippen LogP contribution in [0.2, 0.25) is 0 Å². The summed E-state index contributed by atoms with van der Waals surface area (Å²) in [6.45, 7) is 9.47. The number of hydrogen-bond acceptors (Lipinski definition) is 7. The Morgan fingerprint density at radius 2 is 1.87 bits per heavy atom. The summed E-state index contributed by atoms with van der Waals surface area (Å²) in [6, 6.07) is 9.46. The van der Waals surface area contributed by atoms with E-state index in [2.05, 4.69) is 37.6 Å². The minimum Gasteiger partial charge on any atom is -0.447 e. The maximum Gasteiger partial charge on any atom is 0.416 e. The monoisotopic (exact) mass is 414 g/mol. The summed E-state index contributed by atoms with van der Waals surface area (Å²) >= 11 is 0. The maximum absolute atomic E-state index is 14.1. The second kappa shape index (κ2) is 8.53. The van der Waals surface area contributed by atoms with E-state index in [-0.39, 0.29) is 18.4 Å². The fourth-order valence-electron chi connectivity index (χ4n) is 3.69. The Labute approximate surface area is 175 Å². The van der Waals surface area contributed by atoms with Gasteiger partial charge in [0.05, 0.1) is 5.54 Å². The molecule has 9 heteroatoms. The van der Waals surface area contributed by atoms with Crippen LogP contribution in [0.3, 0.4) is 0 Å². The first-order valence-electron chi connectivity index (χ1n) is 10.2. The zero-order valence-corrected chi connectivity index (χ0v) is 17.3. The van der Waals surface area contributed by atoms with Crippen molar-refractivity contribution in [3.63, 3.8) is 0 Å². The zero-order valence-electron chi connectivity index (χ0n) is 17.3. The lowest BCUT2D eigenvalue weighted by atomic mass is 10.1. The predicted octanol–water partition coefficient (Wildman–Crippen LogP) is 2.37. The highest BCUT2D eigenvalue weighted by Gasteiger charge is 2.42. The second-order valence-electron chi connectivity index (χ2n) is 8.27. The number of benzene rings is 1. The van der Waals surface area contributed by atoms with Crippen LogP contribution >= 0.6 is 0 Å². The Morgan fingerprint density at radius 1 is 1.17 bits per heavy atom. The molecular formula is C21H27FN6O2. The first-order chi connectivity index (χ1) is 14.4. The predicted molar refractivity (Wildman–Crippen MR) is 112 cm³/mol. The molecule has 2 N–H and O–H groups in total. The molecule has 0 radical (unpaired) electrons. The Morgan fingerprint density at radius 3 is 2.53 bits per heavy atom. The molecule has 0 bridgehead atoms. The van der Waals surface area contributed by atoms with Gasteiger partial charge in [-0.25, -0.2) is 4.79 Å². The number of anilines is 2. The van der Waals surface area contributed by atoms with Crippen molar-refractivity contribution in [2.45, 2.75) is 32.5 Å². The van der Waals surface area contributed by atoms with E-state index in [9.17, 15) is 9.18 Å². The van der Waals surface area contributed by atoms with E-state index in [1.54, 1.807) is 0 Å². The van der Waals surface area contributed by atoms with E-state index in [4.69, 9.17) is 4.74 Å². The molecule has 0 saturated carbocycles. The number of nitrogens with one attached hydrogen (secondary N) is 2. The number of hydrogen-bond donors (Lipinski definition) is 2. The summed E-state index contributed by atoms with van der Waals surface area (Å²) in [5.74, 6) is -0.390. The molecule has 8 nitrogen and oxygen atoms in total. The van der Waals surface area contributed by atoms with Gasteiger partial charge >= 0.3 is 6.09 Å². The number of amides is 1. The number of aromatic nitrogens is 2. The van der Waals surface area contributed by atoms with E-state index < -0.39 is 17.6 Å². The van der Waals surface area contributed by atoms with Gasteiger partial charge in [-0.15, -0.1) is 0 Å². The third-order valence-corrected chi connectivity index (χ3v) is 5.34. The molecule has 2 aliphatic rings. The average Bonchev–Trinajstić information content (AvgIpc) is 3.00. The van der Waals surface area contributed by atoms with Crippen molar-refractivity contribution in [3.8, 4) is 0 Å². The van der Waals surface area contributed by atoms with Crippen molar-refractivity contribution in [2.75, 3.05) is 43.0 Å². The number of cyclic esters (lactones) is 1. The van der Waals surface area contributed by atoms with Crippen molar-refractivity contribution < 1.29 is 13.9 Å². The highest BCUT2D eigenvalue weighted by molar-refractivity contribution is 5.90. The van der Waals surface area contributed by atoms with E-state index >= 15 is 0 Å². The molecule has 3 heterocycles. The third kappa shape index (κ3) is 4.68. The summed E-state index contributed by atoms with van der Waals surface area (Å²) < 4.78 is 19.2. The van der Waals surface area contributed by atoms with Crippen LogP contribution < -0.4 is 15.5 Å². The lowest BCUT2D eigenvalue weighted by Crippen LogP contribution is -2.42. The molecule has 4 rings (SSSR count). The van der Waals surface area contributed by atoms with Gasteiger partial charge in [-0.3, -0.25) is 9.80 Å². The van der Waals surface area contributed by atoms with Gasteiger partial charge in [0.25, 0.3) is 0 Å². The minimum absolute atomic E-state index is 0.130. The number of piperazine rings is 1. The lowest BCUT2D eigenvalue weighted by Gasteiger charge is -2.27. The Balaban J connectivity index is 1.40. The van der Waals surface area contributed by atoms with Crippen LogP contribution in [0.1, 0.15) is 25.0 Å². The highest BCUT2D eigenvalue weighted by Crippen LogP contribution is 2.29. The van der Waals surface area contributed by atoms with Crippen molar-refractivity contribution in [2.24, 2.45) is 0 Å². The SMILES string of the molecule is CC1(C)COC(=O)N1c1cc(F)nc(NCc2ccc(CN3CCNCC3)cc2)n1. The number of carbonyl (C=O) groups excluding carboxylic acids is 1. The van der Waals surface area contributed by atoms with Crippen molar-refractivity contribution in [3.05, 3.63) is 47.4 Å². The topological polar surface area (TPSA) is 82.6 Å². The number of halogens is 1. The summed E-state index contributed by atoms with van der Waals surface area (Å²) in [6.07, 6.45) is -0.538. The molecule has 160 valence electrons. The van der Waals surface area contributed by atoms with Crippen LogP contribution in [-0.4, -0.2) is 59.3 Å². The van der Waals surface area contributed by atoms with Crippen LogP contribution in [0.4, 0.5) is 21.0 Å². The average molecular weight is 414 g/mol. The van der Waals surface area contributed by atoms with Crippen molar-refractivity contribution in [1.29, 1.82) is 0 Å². The summed E-state index contributed by atoms with van der Waals surface area (Å²) in [5.41, 5.74) is 1.70. The van der Waals surface area contributed by atoms with Gasteiger partial charge in [0, 0.05) is 45.3 Å². The largest absolute Gasteiger partial charge is 0.447 e. The summed E-state index contributed by atoms with van der Waals surface area (Å²) in [4.78, 5) is 24.0. The van der Waals surface area contributed by atoms with Crippen molar-refractivity contribution in [1.82, 2.24) is 20.2 Å². The molecule has 30 heavy (non-hydrogen) atoms. The molecule has 1 aromatic carbocycles.